The zero-order valence-electron chi connectivity index (χ0n) is 10.5. The van der Waals surface area contributed by atoms with E-state index in [2.05, 4.69) is 0 Å². The first-order valence-electron chi connectivity index (χ1n) is 6.94. The average Bonchev–Trinajstić information content (AvgIpc) is 2.38. The van der Waals surface area contributed by atoms with Gasteiger partial charge in [-0.05, 0) is 55.8 Å². The second kappa shape index (κ2) is 2.91. The molecule has 4 aliphatic rings. The predicted molar refractivity (Wildman–Crippen MR) is 60.0 cm³/mol. The van der Waals surface area contributed by atoms with Crippen molar-refractivity contribution in [3.05, 3.63) is 0 Å². The van der Waals surface area contributed by atoms with Crippen LogP contribution in [0.2, 0.25) is 0 Å². The molecular weight excluding hydrogens is 238 g/mol. The molecule has 5 unspecified atom stereocenters. The number of rotatable bonds is 2. The van der Waals surface area contributed by atoms with Crippen molar-refractivity contribution in [1.29, 1.82) is 0 Å². The zero-order valence-corrected chi connectivity index (χ0v) is 10.5. The highest BCUT2D eigenvalue weighted by Crippen LogP contribution is 2.77. The van der Waals surface area contributed by atoms with Crippen LogP contribution in [0.4, 0.5) is 8.78 Å². The average molecular weight is 256 g/mol. The molecule has 0 N–H and O–H groups in total. The van der Waals surface area contributed by atoms with E-state index in [1.54, 1.807) is 0 Å². The molecule has 0 heterocycles. The summed E-state index contributed by atoms with van der Waals surface area (Å²) in [4.78, 5) is 11.5. The Morgan fingerprint density at radius 3 is 2.67 bits per heavy atom. The standard InChI is InChI=1S/C14H18F2O2/c1-12(15,16)11(17)18-14-6-9-2-8-3-10(14)13(4-8,5-9)7-14/h8-10H,2-7H2,1H3. The van der Waals surface area contributed by atoms with Crippen molar-refractivity contribution in [2.24, 2.45) is 23.2 Å². The Morgan fingerprint density at radius 1 is 1.22 bits per heavy atom. The fourth-order valence-electron chi connectivity index (χ4n) is 5.83. The number of ether oxygens (including phenoxy) is 1. The fourth-order valence-corrected chi connectivity index (χ4v) is 5.83. The second-order valence-electron chi connectivity index (χ2n) is 7.25. The van der Waals surface area contributed by atoms with E-state index in [4.69, 9.17) is 4.74 Å². The number of hydrogen-bond donors (Lipinski definition) is 0. The zero-order chi connectivity index (χ0) is 12.8. The third-order valence-electron chi connectivity index (χ3n) is 5.94. The summed E-state index contributed by atoms with van der Waals surface area (Å²) in [5, 5.41) is 0. The van der Waals surface area contributed by atoms with Gasteiger partial charge >= 0.3 is 11.9 Å². The third-order valence-corrected chi connectivity index (χ3v) is 5.94. The number of halogens is 2. The van der Waals surface area contributed by atoms with Crippen molar-refractivity contribution in [2.45, 2.75) is 57.0 Å². The van der Waals surface area contributed by atoms with E-state index in [1.807, 2.05) is 0 Å². The number of carbonyl (C=O) groups is 1. The van der Waals surface area contributed by atoms with E-state index in [0.29, 0.717) is 24.2 Å². The lowest BCUT2D eigenvalue weighted by atomic mass is 9.42. The monoisotopic (exact) mass is 256 g/mol. The maximum absolute atomic E-state index is 13.0. The van der Waals surface area contributed by atoms with Crippen LogP contribution in [0.15, 0.2) is 0 Å². The summed E-state index contributed by atoms with van der Waals surface area (Å²) in [6.07, 6.45) is 6.49. The van der Waals surface area contributed by atoms with Crippen molar-refractivity contribution in [3.8, 4) is 0 Å². The van der Waals surface area contributed by atoms with E-state index >= 15 is 0 Å². The lowest BCUT2D eigenvalue weighted by Gasteiger charge is -2.66. The van der Waals surface area contributed by atoms with Gasteiger partial charge in [0.15, 0.2) is 0 Å². The molecular formula is C14H18F2O2. The summed E-state index contributed by atoms with van der Waals surface area (Å²) in [7, 11) is 0. The van der Waals surface area contributed by atoms with Crippen LogP contribution in [0.3, 0.4) is 0 Å². The lowest BCUT2D eigenvalue weighted by Crippen LogP contribution is -2.66. The Morgan fingerprint density at radius 2 is 1.94 bits per heavy atom. The lowest BCUT2D eigenvalue weighted by molar-refractivity contribution is -0.261. The number of esters is 1. The third kappa shape index (κ3) is 1.19. The van der Waals surface area contributed by atoms with Gasteiger partial charge in [-0.3, -0.25) is 0 Å². The van der Waals surface area contributed by atoms with Crippen LogP contribution >= 0.6 is 0 Å². The van der Waals surface area contributed by atoms with Crippen LogP contribution in [0.1, 0.15) is 45.4 Å². The smallest absolute Gasteiger partial charge is 0.377 e. The van der Waals surface area contributed by atoms with Crippen LogP contribution in [0.25, 0.3) is 0 Å². The molecule has 4 heteroatoms. The Labute approximate surface area is 105 Å². The van der Waals surface area contributed by atoms with Gasteiger partial charge in [-0.15, -0.1) is 0 Å². The van der Waals surface area contributed by atoms with Gasteiger partial charge in [0.1, 0.15) is 5.60 Å². The van der Waals surface area contributed by atoms with E-state index in [0.717, 1.165) is 25.2 Å². The van der Waals surface area contributed by atoms with Crippen molar-refractivity contribution < 1.29 is 18.3 Å². The fraction of sp³-hybridized carbons (Fsp3) is 0.929. The first-order valence-corrected chi connectivity index (χ1v) is 6.94. The molecule has 0 aromatic carbocycles. The molecule has 4 bridgehead atoms. The number of fused-ring (bicyclic) bond motifs is 2. The molecule has 100 valence electrons. The quantitative estimate of drug-likeness (QED) is 0.709. The van der Waals surface area contributed by atoms with Gasteiger partial charge in [0, 0.05) is 12.8 Å². The summed E-state index contributed by atoms with van der Waals surface area (Å²) in [5.41, 5.74) is -0.167. The molecule has 2 nitrogen and oxygen atoms in total. The van der Waals surface area contributed by atoms with E-state index in [1.165, 1.54) is 19.3 Å². The van der Waals surface area contributed by atoms with Crippen molar-refractivity contribution in [3.63, 3.8) is 0 Å². The molecule has 18 heavy (non-hydrogen) atoms. The highest BCUT2D eigenvalue weighted by atomic mass is 19.3. The largest absolute Gasteiger partial charge is 0.454 e. The van der Waals surface area contributed by atoms with Gasteiger partial charge in [-0.1, -0.05) is 0 Å². The summed E-state index contributed by atoms with van der Waals surface area (Å²) < 4.78 is 31.4. The van der Waals surface area contributed by atoms with Crippen LogP contribution in [-0.2, 0) is 9.53 Å². The van der Waals surface area contributed by atoms with Gasteiger partial charge in [0.05, 0.1) is 0 Å². The van der Waals surface area contributed by atoms with Crippen molar-refractivity contribution >= 4 is 5.97 Å². The molecule has 4 saturated carbocycles. The summed E-state index contributed by atoms with van der Waals surface area (Å²) in [6.45, 7) is 0.634. The molecule has 4 aliphatic carbocycles. The molecule has 0 saturated heterocycles. The summed E-state index contributed by atoms with van der Waals surface area (Å²) >= 11 is 0. The number of carbonyl (C=O) groups excluding carboxylic acids is 1. The first kappa shape index (κ1) is 11.2. The van der Waals surface area contributed by atoms with Gasteiger partial charge in [-0.2, -0.15) is 8.78 Å². The molecule has 4 fully saturated rings. The first-order chi connectivity index (χ1) is 8.33. The molecule has 0 amide bonds. The molecule has 0 aromatic heterocycles. The maximum atomic E-state index is 13.0. The summed E-state index contributed by atoms with van der Waals surface area (Å²) in [5.74, 6) is -2.93. The molecule has 0 radical (unpaired) electrons. The van der Waals surface area contributed by atoms with Gasteiger partial charge < -0.3 is 4.74 Å². The second-order valence-corrected chi connectivity index (χ2v) is 7.25. The Kier molecular flexibility index (Phi) is 1.81. The molecule has 0 aliphatic heterocycles. The molecule has 4 rings (SSSR count). The topological polar surface area (TPSA) is 26.3 Å². The van der Waals surface area contributed by atoms with E-state index in [9.17, 15) is 13.6 Å². The van der Waals surface area contributed by atoms with Crippen LogP contribution in [0.5, 0.6) is 0 Å². The van der Waals surface area contributed by atoms with Crippen LogP contribution in [0, 0.1) is 23.2 Å². The minimum Gasteiger partial charge on any atom is -0.454 e. The highest BCUT2D eigenvalue weighted by molar-refractivity contribution is 5.77. The van der Waals surface area contributed by atoms with Gasteiger partial charge in [0.25, 0.3) is 0 Å². The Balaban J connectivity index is 1.61. The van der Waals surface area contributed by atoms with Crippen molar-refractivity contribution in [2.75, 3.05) is 0 Å². The van der Waals surface area contributed by atoms with Gasteiger partial charge in [-0.25, -0.2) is 4.79 Å². The van der Waals surface area contributed by atoms with Gasteiger partial charge in [0.2, 0.25) is 0 Å². The van der Waals surface area contributed by atoms with Crippen LogP contribution in [-0.4, -0.2) is 17.5 Å². The predicted octanol–water partition coefficient (Wildman–Crippen LogP) is 3.15. The normalized spacial score (nSPS) is 52.1. The van der Waals surface area contributed by atoms with Crippen molar-refractivity contribution in [1.82, 2.24) is 0 Å². The minimum atomic E-state index is -3.36. The molecule has 0 aromatic rings. The maximum Gasteiger partial charge on any atom is 0.377 e. The number of alkyl halides is 2. The Hall–Kier alpha value is -0.670. The molecule has 1 spiro atoms. The van der Waals surface area contributed by atoms with E-state index in [-0.39, 0.29) is 0 Å². The number of hydrogen-bond acceptors (Lipinski definition) is 2. The van der Waals surface area contributed by atoms with Crippen LogP contribution < -0.4 is 0 Å². The Bertz CT molecular complexity index is 426. The molecule has 5 atom stereocenters. The minimum absolute atomic E-state index is 0.356. The van der Waals surface area contributed by atoms with E-state index < -0.39 is 17.5 Å². The highest BCUT2D eigenvalue weighted by Gasteiger charge is 2.74. The SMILES string of the molecule is CC(F)(F)C(=O)OC12CC3CC4CC1C(C4)(C3)C2. The summed E-state index contributed by atoms with van der Waals surface area (Å²) in [6, 6.07) is 0.